The lowest BCUT2D eigenvalue weighted by Gasteiger charge is -2.12. The van der Waals surface area contributed by atoms with Gasteiger partial charge < -0.3 is 10.5 Å². The highest BCUT2D eigenvalue weighted by Gasteiger charge is 2.34. The van der Waals surface area contributed by atoms with Crippen LogP contribution in [-0.2, 0) is 10.9 Å². The summed E-state index contributed by atoms with van der Waals surface area (Å²) in [5.74, 6) is 0. The summed E-state index contributed by atoms with van der Waals surface area (Å²) >= 11 is 0. The van der Waals surface area contributed by atoms with Gasteiger partial charge in [0.25, 0.3) is 5.69 Å². The van der Waals surface area contributed by atoms with E-state index >= 15 is 0 Å². The zero-order valence-corrected chi connectivity index (χ0v) is 9.45. The molecule has 1 aromatic carbocycles. The zero-order chi connectivity index (χ0) is 14.8. The summed E-state index contributed by atoms with van der Waals surface area (Å²) in [7, 11) is 0.980. The highest BCUT2D eigenvalue weighted by Crippen LogP contribution is 2.38. The number of carbonyl (C=O) groups is 1. The lowest BCUT2D eigenvalue weighted by atomic mass is 10.1. The summed E-state index contributed by atoms with van der Waals surface area (Å²) in [6.45, 7) is 0. The van der Waals surface area contributed by atoms with Gasteiger partial charge in [-0.3, -0.25) is 15.4 Å². The van der Waals surface area contributed by atoms with Crippen LogP contribution in [0.15, 0.2) is 12.1 Å². The maximum absolute atomic E-state index is 12.6. The number of nitro benzene ring substituents is 1. The molecule has 0 radical (unpaired) electrons. The minimum Gasteiger partial charge on any atom is -0.453 e. The summed E-state index contributed by atoms with van der Waals surface area (Å²) in [4.78, 5) is 20.5. The van der Waals surface area contributed by atoms with Crippen molar-refractivity contribution >= 4 is 23.2 Å². The molecule has 0 aliphatic carbocycles. The van der Waals surface area contributed by atoms with Gasteiger partial charge in [0.2, 0.25) is 0 Å². The van der Waals surface area contributed by atoms with Gasteiger partial charge in [-0.2, -0.15) is 13.2 Å². The van der Waals surface area contributed by atoms with Crippen molar-refractivity contribution in [2.75, 3.05) is 18.2 Å². The van der Waals surface area contributed by atoms with Crippen LogP contribution < -0.4 is 11.1 Å². The Kier molecular flexibility index (Phi) is 3.83. The second-order valence-electron chi connectivity index (χ2n) is 3.33. The predicted molar refractivity (Wildman–Crippen MR) is 58.5 cm³/mol. The SMILES string of the molecule is COC(=O)Nc1cc(C(F)(F)F)cc([N+](=O)[O-])c1N. The normalized spacial score (nSPS) is 10.9. The van der Waals surface area contributed by atoms with Crippen molar-refractivity contribution in [2.24, 2.45) is 0 Å². The molecule has 10 heteroatoms. The van der Waals surface area contributed by atoms with Crippen LogP contribution in [0.1, 0.15) is 5.56 Å². The molecule has 1 amide bonds. The minimum atomic E-state index is -4.81. The number of nitrogen functional groups attached to an aromatic ring is 1. The number of hydrogen-bond acceptors (Lipinski definition) is 5. The third-order valence-corrected chi connectivity index (χ3v) is 2.10. The van der Waals surface area contributed by atoms with E-state index in [2.05, 4.69) is 4.74 Å². The smallest absolute Gasteiger partial charge is 0.416 e. The molecular formula is C9H8F3N3O4. The highest BCUT2D eigenvalue weighted by molar-refractivity contribution is 5.91. The molecular weight excluding hydrogens is 271 g/mol. The molecule has 0 saturated heterocycles. The number of methoxy groups -OCH3 is 1. The molecule has 0 aromatic heterocycles. The number of benzene rings is 1. The van der Waals surface area contributed by atoms with Crippen LogP contribution in [0.2, 0.25) is 0 Å². The summed E-state index contributed by atoms with van der Waals surface area (Å²) in [5, 5.41) is 12.5. The minimum absolute atomic E-state index is 0.289. The quantitative estimate of drug-likeness (QED) is 0.491. The number of rotatable bonds is 2. The Morgan fingerprint density at radius 2 is 2.05 bits per heavy atom. The van der Waals surface area contributed by atoms with Crippen LogP contribution in [0.5, 0.6) is 0 Å². The average Bonchev–Trinajstić information content (AvgIpc) is 2.29. The highest BCUT2D eigenvalue weighted by atomic mass is 19.4. The summed E-state index contributed by atoms with van der Waals surface area (Å²) in [6, 6.07) is 0.775. The molecule has 0 fully saturated rings. The third kappa shape index (κ3) is 3.24. The molecule has 1 rings (SSSR count). The van der Waals surface area contributed by atoms with Gasteiger partial charge in [0, 0.05) is 6.07 Å². The van der Waals surface area contributed by atoms with E-state index < -0.39 is 39.8 Å². The maximum atomic E-state index is 12.6. The van der Waals surface area contributed by atoms with Crippen molar-refractivity contribution in [3.05, 3.63) is 27.8 Å². The van der Waals surface area contributed by atoms with Crippen LogP contribution in [0.25, 0.3) is 0 Å². The van der Waals surface area contributed by atoms with Gasteiger partial charge in [0.05, 0.1) is 23.3 Å². The van der Waals surface area contributed by atoms with E-state index in [1.165, 1.54) is 0 Å². The van der Waals surface area contributed by atoms with Crippen molar-refractivity contribution in [3.8, 4) is 0 Å². The second-order valence-corrected chi connectivity index (χ2v) is 3.33. The summed E-state index contributed by atoms with van der Waals surface area (Å²) in [5.41, 5.74) is 1.92. The Balaban J connectivity index is 3.40. The number of halogens is 3. The van der Waals surface area contributed by atoms with Crippen molar-refractivity contribution in [1.82, 2.24) is 0 Å². The lowest BCUT2D eigenvalue weighted by Crippen LogP contribution is -2.15. The van der Waals surface area contributed by atoms with Crippen LogP contribution in [-0.4, -0.2) is 18.1 Å². The van der Waals surface area contributed by atoms with E-state index in [1.807, 2.05) is 5.32 Å². The molecule has 0 aliphatic rings. The van der Waals surface area contributed by atoms with Crippen molar-refractivity contribution in [1.29, 1.82) is 0 Å². The van der Waals surface area contributed by atoms with Gasteiger partial charge in [0.15, 0.2) is 0 Å². The van der Waals surface area contributed by atoms with Crippen molar-refractivity contribution in [2.45, 2.75) is 6.18 Å². The number of carbonyl (C=O) groups excluding carboxylic acids is 1. The number of nitrogens with two attached hydrogens (primary N) is 1. The van der Waals surface area contributed by atoms with E-state index in [0.717, 1.165) is 7.11 Å². The molecule has 7 nitrogen and oxygen atoms in total. The van der Waals surface area contributed by atoms with Gasteiger partial charge >= 0.3 is 12.3 Å². The first-order valence-corrected chi connectivity index (χ1v) is 4.67. The first-order valence-electron chi connectivity index (χ1n) is 4.67. The summed E-state index contributed by atoms with van der Waals surface area (Å²) < 4.78 is 41.8. The molecule has 0 bridgehead atoms. The number of ether oxygens (including phenoxy) is 1. The Hall–Kier alpha value is -2.52. The predicted octanol–water partition coefficient (Wildman–Crippen LogP) is 2.37. The lowest BCUT2D eigenvalue weighted by molar-refractivity contribution is -0.384. The Morgan fingerprint density at radius 3 is 2.47 bits per heavy atom. The van der Waals surface area contributed by atoms with Gasteiger partial charge in [-0.25, -0.2) is 4.79 Å². The number of nitrogens with zero attached hydrogens (tertiary/aromatic N) is 1. The Bertz CT molecular complexity index is 530. The first kappa shape index (κ1) is 14.5. The van der Waals surface area contributed by atoms with Crippen molar-refractivity contribution in [3.63, 3.8) is 0 Å². The number of hydrogen-bond donors (Lipinski definition) is 2. The van der Waals surface area contributed by atoms with Gasteiger partial charge in [-0.15, -0.1) is 0 Å². The second kappa shape index (κ2) is 5.00. The number of anilines is 2. The third-order valence-electron chi connectivity index (χ3n) is 2.10. The molecule has 0 spiro atoms. The fourth-order valence-electron chi connectivity index (χ4n) is 1.22. The maximum Gasteiger partial charge on any atom is 0.416 e. The molecule has 104 valence electrons. The van der Waals surface area contributed by atoms with E-state index in [9.17, 15) is 28.1 Å². The van der Waals surface area contributed by atoms with Crippen LogP contribution in [0, 0.1) is 10.1 Å². The molecule has 3 N–H and O–H groups in total. The van der Waals surface area contributed by atoms with Crippen LogP contribution >= 0.6 is 0 Å². The van der Waals surface area contributed by atoms with E-state index in [1.54, 1.807) is 0 Å². The standard InChI is InChI=1S/C9H8F3N3O4/c1-19-8(16)14-5-2-4(9(10,11)12)3-6(7(5)13)15(17)18/h2-3H,13H2,1H3,(H,14,16). The Morgan fingerprint density at radius 1 is 1.47 bits per heavy atom. The average molecular weight is 279 g/mol. The molecule has 0 heterocycles. The van der Waals surface area contributed by atoms with Gasteiger partial charge in [0.1, 0.15) is 5.69 Å². The van der Waals surface area contributed by atoms with E-state index in [0.29, 0.717) is 6.07 Å². The summed E-state index contributed by atoms with van der Waals surface area (Å²) in [6.07, 6.45) is -5.91. The molecule has 0 unspecified atom stereocenters. The first-order chi connectivity index (χ1) is 8.66. The van der Waals surface area contributed by atoms with Crippen LogP contribution in [0.3, 0.4) is 0 Å². The molecule has 19 heavy (non-hydrogen) atoms. The zero-order valence-electron chi connectivity index (χ0n) is 9.45. The number of amides is 1. The Labute approximate surface area is 104 Å². The number of alkyl halides is 3. The molecule has 0 saturated carbocycles. The fourth-order valence-corrected chi connectivity index (χ4v) is 1.22. The topological polar surface area (TPSA) is 107 Å². The molecule has 0 aliphatic heterocycles. The van der Waals surface area contributed by atoms with Crippen molar-refractivity contribution < 1.29 is 27.6 Å². The monoisotopic (exact) mass is 279 g/mol. The van der Waals surface area contributed by atoms with Gasteiger partial charge in [-0.05, 0) is 6.07 Å². The van der Waals surface area contributed by atoms with Crippen LogP contribution in [0.4, 0.5) is 35.0 Å². The fraction of sp³-hybridized carbons (Fsp3) is 0.222. The largest absolute Gasteiger partial charge is 0.453 e. The molecule has 0 atom stereocenters. The molecule has 1 aromatic rings. The van der Waals surface area contributed by atoms with E-state index in [-0.39, 0.29) is 6.07 Å². The number of nitrogens with one attached hydrogen (secondary N) is 1. The van der Waals surface area contributed by atoms with Gasteiger partial charge in [-0.1, -0.05) is 0 Å². The number of nitro groups is 1. The van der Waals surface area contributed by atoms with E-state index in [4.69, 9.17) is 5.73 Å².